The van der Waals surface area contributed by atoms with E-state index in [1.165, 1.54) is 25.3 Å². The molecule has 24 heavy (non-hydrogen) atoms. The van der Waals surface area contributed by atoms with E-state index < -0.39 is 5.91 Å². The zero-order valence-electron chi connectivity index (χ0n) is 12.5. The summed E-state index contributed by atoms with van der Waals surface area (Å²) in [6, 6.07) is 11.3. The maximum Gasteiger partial charge on any atom is 0.266 e. The molecule has 0 unspecified atom stereocenters. The summed E-state index contributed by atoms with van der Waals surface area (Å²) in [5.41, 5.74) is 0.849. The Balaban J connectivity index is 2.29. The summed E-state index contributed by atoms with van der Waals surface area (Å²) in [5, 5.41) is 21.8. The number of carbonyl (C=O) groups is 1. The van der Waals surface area contributed by atoms with Crippen molar-refractivity contribution in [3.05, 3.63) is 57.0 Å². The number of carbonyl (C=O) groups excluding carboxylic acids is 1. The van der Waals surface area contributed by atoms with Crippen LogP contribution in [0.1, 0.15) is 5.56 Å². The maximum atomic E-state index is 12.3. The van der Waals surface area contributed by atoms with Gasteiger partial charge in [0.25, 0.3) is 5.91 Å². The van der Waals surface area contributed by atoms with Crippen molar-refractivity contribution in [1.82, 2.24) is 0 Å². The molecule has 5 nitrogen and oxygen atoms in total. The Morgan fingerprint density at radius 2 is 2.12 bits per heavy atom. The quantitative estimate of drug-likeness (QED) is 0.583. The number of ether oxygens (including phenoxy) is 1. The Bertz CT molecular complexity index is 859. The molecule has 0 heterocycles. The second-order valence-corrected chi connectivity index (χ2v) is 5.97. The fourth-order valence-electron chi connectivity index (χ4n) is 1.90. The van der Waals surface area contributed by atoms with Crippen LogP contribution in [0.2, 0.25) is 5.02 Å². The number of nitriles is 1. The van der Waals surface area contributed by atoms with Crippen molar-refractivity contribution in [3.63, 3.8) is 0 Å². The summed E-state index contributed by atoms with van der Waals surface area (Å²) in [7, 11) is 1.47. The molecule has 0 aromatic heterocycles. The SMILES string of the molecule is COc1ccc(Cl)cc1NC(=O)/C(C#N)=C/c1ccc(O)c(Br)c1. The second kappa shape index (κ2) is 7.86. The van der Waals surface area contributed by atoms with E-state index in [-0.39, 0.29) is 11.3 Å². The predicted molar refractivity (Wildman–Crippen MR) is 96.0 cm³/mol. The van der Waals surface area contributed by atoms with E-state index in [9.17, 15) is 15.2 Å². The van der Waals surface area contributed by atoms with E-state index in [1.54, 1.807) is 24.3 Å². The molecule has 0 radical (unpaired) electrons. The molecule has 2 N–H and O–H groups in total. The minimum atomic E-state index is -0.595. The number of benzene rings is 2. The fourth-order valence-corrected chi connectivity index (χ4v) is 2.46. The number of hydrogen-bond donors (Lipinski definition) is 2. The number of hydrogen-bond acceptors (Lipinski definition) is 4. The Morgan fingerprint density at radius 3 is 2.75 bits per heavy atom. The number of phenols is 1. The van der Waals surface area contributed by atoms with Gasteiger partial charge in [0, 0.05) is 5.02 Å². The zero-order valence-corrected chi connectivity index (χ0v) is 14.9. The number of nitrogens with zero attached hydrogens (tertiary/aromatic N) is 1. The summed E-state index contributed by atoms with van der Waals surface area (Å²) in [5.74, 6) is -0.0987. The summed E-state index contributed by atoms with van der Waals surface area (Å²) < 4.78 is 5.62. The lowest BCUT2D eigenvalue weighted by Gasteiger charge is -2.10. The highest BCUT2D eigenvalue weighted by Gasteiger charge is 2.13. The van der Waals surface area contributed by atoms with Crippen LogP contribution in [0, 0.1) is 11.3 Å². The number of rotatable bonds is 4. The number of phenolic OH excluding ortho intramolecular Hbond substituents is 1. The number of nitrogens with one attached hydrogen (secondary N) is 1. The third kappa shape index (κ3) is 4.28. The predicted octanol–water partition coefficient (Wildman–Crippen LogP) is 4.36. The number of halogens is 2. The molecule has 0 fully saturated rings. The first-order valence-corrected chi connectivity index (χ1v) is 7.87. The van der Waals surface area contributed by atoms with E-state index in [0.29, 0.717) is 26.5 Å². The van der Waals surface area contributed by atoms with E-state index in [2.05, 4.69) is 21.2 Å². The molecular weight excluding hydrogens is 396 g/mol. The molecule has 122 valence electrons. The van der Waals surface area contributed by atoms with Crippen LogP contribution in [0.15, 0.2) is 46.4 Å². The van der Waals surface area contributed by atoms with Crippen LogP contribution in [-0.2, 0) is 4.79 Å². The van der Waals surface area contributed by atoms with Crippen molar-refractivity contribution in [3.8, 4) is 17.6 Å². The van der Waals surface area contributed by atoms with Gasteiger partial charge in [0.15, 0.2) is 0 Å². The maximum absolute atomic E-state index is 12.3. The Kier molecular flexibility index (Phi) is 5.85. The third-order valence-electron chi connectivity index (χ3n) is 3.06. The normalized spacial score (nSPS) is 10.8. The van der Waals surface area contributed by atoms with E-state index in [1.807, 2.05) is 6.07 Å². The molecule has 2 aromatic carbocycles. The van der Waals surface area contributed by atoms with Crippen LogP contribution in [0.25, 0.3) is 6.08 Å². The summed E-state index contributed by atoms with van der Waals surface area (Å²) >= 11 is 9.10. The van der Waals surface area contributed by atoms with Crippen LogP contribution < -0.4 is 10.1 Å². The Morgan fingerprint density at radius 1 is 1.38 bits per heavy atom. The van der Waals surface area contributed by atoms with Crippen LogP contribution in [0.5, 0.6) is 11.5 Å². The smallest absolute Gasteiger partial charge is 0.266 e. The van der Waals surface area contributed by atoms with Gasteiger partial charge in [-0.05, 0) is 57.9 Å². The molecule has 0 aliphatic rings. The van der Waals surface area contributed by atoms with Crippen molar-refractivity contribution in [1.29, 1.82) is 5.26 Å². The van der Waals surface area contributed by atoms with Gasteiger partial charge in [-0.25, -0.2) is 0 Å². The van der Waals surface area contributed by atoms with Crippen molar-refractivity contribution in [2.75, 3.05) is 12.4 Å². The molecule has 0 aliphatic heterocycles. The lowest BCUT2D eigenvalue weighted by atomic mass is 10.1. The minimum absolute atomic E-state index is 0.0683. The van der Waals surface area contributed by atoms with Gasteiger partial charge in [-0.1, -0.05) is 17.7 Å². The number of amides is 1. The van der Waals surface area contributed by atoms with Crippen LogP contribution in [0.3, 0.4) is 0 Å². The lowest BCUT2D eigenvalue weighted by molar-refractivity contribution is -0.112. The summed E-state index contributed by atoms with van der Waals surface area (Å²) in [6.45, 7) is 0. The van der Waals surface area contributed by atoms with Crippen LogP contribution >= 0.6 is 27.5 Å². The van der Waals surface area contributed by atoms with Crippen LogP contribution in [-0.4, -0.2) is 18.1 Å². The number of aromatic hydroxyl groups is 1. The molecule has 1 amide bonds. The van der Waals surface area contributed by atoms with Gasteiger partial charge in [0.05, 0.1) is 17.3 Å². The number of anilines is 1. The highest BCUT2D eigenvalue weighted by atomic mass is 79.9. The third-order valence-corrected chi connectivity index (χ3v) is 3.93. The number of methoxy groups -OCH3 is 1. The average molecular weight is 408 g/mol. The standard InChI is InChI=1S/C17H12BrClN2O3/c1-24-16-5-3-12(19)8-14(16)21-17(23)11(9-20)6-10-2-4-15(22)13(18)7-10/h2-8,22H,1H3,(H,21,23)/b11-6+. The molecule has 0 saturated carbocycles. The van der Waals surface area contributed by atoms with Crippen molar-refractivity contribution >= 4 is 45.2 Å². The van der Waals surface area contributed by atoms with E-state index in [4.69, 9.17) is 16.3 Å². The first kappa shape index (κ1) is 17.9. The van der Waals surface area contributed by atoms with Gasteiger partial charge < -0.3 is 15.2 Å². The van der Waals surface area contributed by atoms with Gasteiger partial charge in [0.2, 0.25) is 0 Å². The lowest BCUT2D eigenvalue weighted by Crippen LogP contribution is -2.14. The van der Waals surface area contributed by atoms with Gasteiger partial charge >= 0.3 is 0 Å². The van der Waals surface area contributed by atoms with E-state index >= 15 is 0 Å². The molecule has 0 bridgehead atoms. The van der Waals surface area contributed by atoms with Crippen molar-refractivity contribution in [2.24, 2.45) is 0 Å². The molecule has 0 spiro atoms. The summed E-state index contributed by atoms with van der Waals surface area (Å²) in [6.07, 6.45) is 1.41. The topological polar surface area (TPSA) is 82.3 Å². The molecule has 0 saturated heterocycles. The molecule has 2 rings (SSSR count). The largest absolute Gasteiger partial charge is 0.507 e. The monoisotopic (exact) mass is 406 g/mol. The van der Waals surface area contributed by atoms with Gasteiger partial charge in [-0.3, -0.25) is 4.79 Å². The summed E-state index contributed by atoms with van der Waals surface area (Å²) in [4.78, 5) is 12.3. The molecule has 2 aromatic rings. The molecular formula is C17H12BrClN2O3. The fraction of sp³-hybridized carbons (Fsp3) is 0.0588. The second-order valence-electron chi connectivity index (χ2n) is 4.68. The van der Waals surface area contributed by atoms with Gasteiger partial charge in [0.1, 0.15) is 23.1 Å². The first-order chi connectivity index (χ1) is 11.4. The minimum Gasteiger partial charge on any atom is -0.507 e. The average Bonchev–Trinajstić information content (AvgIpc) is 2.56. The zero-order chi connectivity index (χ0) is 17.7. The van der Waals surface area contributed by atoms with Gasteiger partial charge in [-0.15, -0.1) is 0 Å². The van der Waals surface area contributed by atoms with E-state index in [0.717, 1.165) is 0 Å². The Labute approximate surface area is 152 Å². The highest BCUT2D eigenvalue weighted by Crippen LogP contribution is 2.28. The molecule has 7 heteroatoms. The first-order valence-electron chi connectivity index (χ1n) is 6.70. The highest BCUT2D eigenvalue weighted by molar-refractivity contribution is 9.10. The molecule has 0 aliphatic carbocycles. The van der Waals surface area contributed by atoms with Crippen LogP contribution in [0.4, 0.5) is 5.69 Å². The van der Waals surface area contributed by atoms with Gasteiger partial charge in [-0.2, -0.15) is 5.26 Å². The van der Waals surface area contributed by atoms with Crippen molar-refractivity contribution in [2.45, 2.75) is 0 Å². The van der Waals surface area contributed by atoms with Crippen molar-refractivity contribution < 1.29 is 14.6 Å². The molecule has 0 atom stereocenters. The Hall–Kier alpha value is -2.49.